The van der Waals surface area contributed by atoms with Gasteiger partial charge in [-0.1, -0.05) is 116 Å². The van der Waals surface area contributed by atoms with Crippen molar-refractivity contribution < 1.29 is 4.43 Å². The van der Waals surface area contributed by atoms with Crippen LogP contribution in [0.5, 0.6) is 5.75 Å². The number of hydrogen-bond acceptors (Lipinski definition) is 1. The van der Waals surface area contributed by atoms with Gasteiger partial charge in [0.25, 0.3) is 0 Å². The largest absolute Gasteiger partial charge is 0.534 e. The molecule has 0 aliphatic carbocycles. The summed E-state index contributed by atoms with van der Waals surface area (Å²) in [7, 11) is -2.56. The summed E-state index contributed by atoms with van der Waals surface area (Å²) in [6.45, 7) is 9.13. The van der Waals surface area contributed by atoms with Gasteiger partial charge in [0.1, 0.15) is 5.75 Å². The predicted octanol–water partition coefficient (Wildman–Crippen LogP) is 5.87. The molecule has 0 radical (unpaired) electrons. The van der Waals surface area contributed by atoms with Crippen molar-refractivity contribution in [2.24, 2.45) is 0 Å². The summed E-state index contributed by atoms with van der Waals surface area (Å²) in [4.78, 5) is 0. The lowest BCUT2D eigenvalue weighted by molar-refractivity contribution is 0.504. The number of hydrogen-bond donors (Lipinski definition) is 0. The van der Waals surface area contributed by atoms with Crippen LogP contribution in [0.25, 0.3) is 0 Å². The minimum Gasteiger partial charge on any atom is -0.534 e. The molecule has 0 atom stereocenters. The highest BCUT2D eigenvalue weighted by molar-refractivity contribution is 14.1. The molecule has 0 aromatic heterocycles. The van der Waals surface area contributed by atoms with E-state index in [1.54, 1.807) is 0 Å². The van der Waals surface area contributed by atoms with Crippen molar-refractivity contribution in [1.29, 1.82) is 0 Å². The van der Waals surface area contributed by atoms with Gasteiger partial charge in [-0.3, -0.25) is 0 Å². The zero-order chi connectivity index (χ0) is 19.5. The number of rotatable bonds is 5. The summed E-state index contributed by atoms with van der Waals surface area (Å²) in [5.74, 6) is 1.03. The monoisotopic (exact) mass is 486 g/mol. The average molecular weight is 486 g/mol. The maximum absolute atomic E-state index is 7.18. The van der Waals surface area contributed by atoms with Gasteiger partial charge >= 0.3 is 8.32 Å². The van der Waals surface area contributed by atoms with Crippen LogP contribution in [0.15, 0.2) is 78.9 Å². The van der Waals surface area contributed by atoms with Gasteiger partial charge in [-0.2, -0.15) is 0 Å². The van der Waals surface area contributed by atoms with Crippen LogP contribution in [-0.4, -0.2) is 8.32 Å². The van der Waals surface area contributed by atoms with Gasteiger partial charge in [-0.05, 0) is 34.0 Å². The highest BCUT2D eigenvalue weighted by atomic mass is 127. The van der Waals surface area contributed by atoms with E-state index in [-0.39, 0.29) is 5.04 Å². The summed E-state index contributed by atoms with van der Waals surface area (Å²) in [5, 5.41) is 2.59. The summed E-state index contributed by atoms with van der Waals surface area (Å²) in [5.41, 5.74) is 2.59. The summed E-state index contributed by atoms with van der Waals surface area (Å²) in [6.07, 6.45) is 0. The van der Waals surface area contributed by atoms with Gasteiger partial charge in [0.15, 0.2) is 0 Å². The molecular weight excluding hydrogens is 459 g/mol. The molecule has 140 valence electrons. The zero-order valence-electron chi connectivity index (χ0n) is 16.5. The van der Waals surface area contributed by atoms with Crippen LogP contribution in [0.4, 0.5) is 0 Å². The maximum atomic E-state index is 7.18. The molecule has 0 spiro atoms. The van der Waals surface area contributed by atoms with E-state index in [1.807, 2.05) is 0 Å². The SMILES string of the molecule is Cc1cccc(O[Si](c2ccccc2)(c2ccccc2)C(C)(C)C)c1CI. The highest BCUT2D eigenvalue weighted by Gasteiger charge is 2.52. The second-order valence-corrected chi connectivity index (χ2v) is 12.9. The van der Waals surface area contributed by atoms with Crippen molar-refractivity contribution in [2.45, 2.75) is 37.2 Å². The van der Waals surface area contributed by atoms with Crippen molar-refractivity contribution in [1.82, 2.24) is 0 Å². The predicted molar refractivity (Wildman–Crippen MR) is 127 cm³/mol. The molecule has 0 heterocycles. The van der Waals surface area contributed by atoms with Crippen LogP contribution in [0.1, 0.15) is 31.9 Å². The van der Waals surface area contributed by atoms with Crippen molar-refractivity contribution >= 4 is 41.3 Å². The zero-order valence-corrected chi connectivity index (χ0v) is 19.7. The van der Waals surface area contributed by atoms with Crippen molar-refractivity contribution in [3.05, 3.63) is 90.0 Å². The molecule has 0 aliphatic rings. The minimum atomic E-state index is -2.56. The fourth-order valence-electron chi connectivity index (χ4n) is 3.76. The Bertz CT molecular complexity index is 846. The molecule has 1 nitrogen and oxygen atoms in total. The highest BCUT2D eigenvalue weighted by Crippen LogP contribution is 2.39. The van der Waals surface area contributed by atoms with E-state index < -0.39 is 8.32 Å². The Morgan fingerprint density at radius 3 is 1.74 bits per heavy atom. The quantitative estimate of drug-likeness (QED) is 0.249. The summed E-state index contributed by atoms with van der Waals surface area (Å²) >= 11 is 2.44. The Kier molecular flexibility index (Phi) is 6.11. The molecule has 0 N–H and O–H groups in total. The molecule has 0 saturated carbocycles. The third-order valence-electron chi connectivity index (χ3n) is 5.18. The third-order valence-corrected chi connectivity index (χ3v) is 10.9. The fraction of sp³-hybridized carbons (Fsp3) is 0.250. The Balaban J connectivity index is 2.30. The van der Waals surface area contributed by atoms with Crippen LogP contribution in [-0.2, 0) is 4.43 Å². The molecule has 0 fully saturated rings. The van der Waals surface area contributed by atoms with Gasteiger partial charge in [-0.15, -0.1) is 0 Å². The third kappa shape index (κ3) is 3.85. The minimum absolute atomic E-state index is 0.0258. The van der Waals surface area contributed by atoms with E-state index in [2.05, 4.69) is 129 Å². The first-order valence-electron chi connectivity index (χ1n) is 9.34. The van der Waals surface area contributed by atoms with Crippen LogP contribution in [0.2, 0.25) is 5.04 Å². The van der Waals surface area contributed by atoms with E-state index in [0.717, 1.165) is 10.2 Å². The van der Waals surface area contributed by atoms with E-state index in [4.69, 9.17) is 4.43 Å². The number of alkyl halides is 1. The van der Waals surface area contributed by atoms with Crippen molar-refractivity contribution in [3.8, 4) is 5.75 Å². The summed E-state index contributed by atoms with van der Waals surface area (Å²) < 4.78 is 8.12. The van der Waals surface area contributed by atoms with Gasteiger partial charge < -0.3 is 4.43 Å². The van der Waals surface area contributed by atoms with Crippen molar-refractivity contribution in [3.63, 3.8) is 0 Å². The van der Waals surface area contributed by atoms with Gasteiger partial charge in [0.05, 0.1) is 0 Å². The number of halogens is 1. The molecule has 0 aliphatic heterocycles. The summed E-state index contributed by atoms with van der Waals surface area (Å²) in [6, 6.07) is 28.1. The fourth-order valence-corrected chi connectivity index (χ4v) is 9.19. The Labute approximate surface area is 178 Å². The van der Waals surface area contributed by atoms with E-state index in [9.17, 15) is 0 Å². The lowest BCUT2D eigenvalue weighted by Gasteiger charge is -2.43. The van der Waals surface area contributed by atoms with E-state index >= 15 is 0 Å². The van der Waals surface area contributed by atoms with Gasteiger partial charge in [0, 0.05) is 9.99 Å². The Morgan fingerprint density at radius 1 is 0.778 bits per heavy atom. The second kappa shape index (κ2) is 8.19. The van der Waals surface area contributed by atoms with Crippen LogP contribution < -0.4 is 14.8 Å². The molecule has 3 rings (SSSR count). The molecular formula is C24H27IOSi. The molecule has 3 aromatic carbocycles. The van der Waals surface area contributed by atoms with Crippen LogP contribution in [0, 0.1) is 6.92 Å². The topological polar surface area (TPSA) is 9.23 Å². The normalized spacial score (nSPS) is 12.0. The maximum Gasteiger partial charge on any atom is 0.319 e. The molecule has 27 heavy (non-hydrogen) atoms. The standard InChI is InChI=1S/C24H27IOSi/c1-19-12-11-17-23(22(19)18-25)26-27(24(2,3)4,20-13-7-5-8-14-20)21-15-9-6-10-16-21/h5-17H,18H2,1-4H3. The van der Waals surface area contributed by atoms with E-state index in [1.165, 1.54) is 21.5 Å². The van der Waals surface area contributed by atoms with Crippen LogP contribution in [0.3, 0.4) is 0 Å². The lowest BCUT2D eigenvalue weighted by atomic mass is 10.1. The van der Waals surface area contributed by atoms with Gasteiger partial charge in [-0.25, -0.2) is 0 Å². The average Bonchev–Trinajstić information content (AvgIpc) is 2.66. The van der Waals surface area contributed by atoms with Crippen molar-refractivity contribution in [2.75, 3.05) is 0 Å². The van der Waals surface area contributed by atoms with Gasteiger partial charge in [0.2, 0.25) is 0 Å². The second-order valence-electron chi connectivity index (χ2n) is 7.95. The molecule has 3 heteroatoms. The van der Waals surface area contributed by atoms with Crippen LogP contribution >= 0.6 is 22.6 Å². The molecule has 0 saturated heterocycles. The Hall–Kier alpha value is -1.59. The molecule has 0 unspecified atom stereocenters. The smallest absolute Gasteiger partial charge is 0.319 e. The number of aryl methyl sites for hydroxylation is 1. The first-order chi connectivity index (χ1) is 12.9. The molecule has 3 aromatic rings. The number of benzene rings is 3. The first kappa shape index (κ1) is 20.1. The van der Waals surface area contributed by atoms with E-state index in [0.29, 0.717) is 0 Å². The lowest BCUT2D eigenvalue weighted by Crippen LogP contribution is -2.68. The first-order valence-corrected chi connectivity index (χ1v) is 12.8. The molecule has 0 amide bonds. The molecule has 0 bridgehead atoms. The Morgan fingerprint density at radius 2 is 1.30 bits per heavy atom.